The monoisotopic (exact) mass is 265 g/mol. The van der Waals surface area contributed by atoms with Crippen LogP contribution in [-0.2, 0) is 10.1 Å². The molecule has 0 heterocycles. The highest BCUT2D eigenvalue weighted by atomic mass is 32.2. The average molecular weight is 265 g/mol. The molecule has 0 spiro atoms. The zero-order valence-electron chi connectivity index (χ0n) is 9.11. The molecule has 1 aromatic rings. The Bertz CT molecular complexity index is 411. The van der Waals surface area contributed by atoms with Gasteiger partial charge >= 0.3 is 0 Å². The van der Waals surface area contributed by atoms with E-state index in [0.717, 1.165) is 0 Å². The van der Waals surface area contributed by atoms with Crippen LogP contribution in [0.2, 0.25) is 0 Å². The summed E-state index contributed by atoms with van der Waals surface area (Å²) in [7, 11) is -2.51. The molecule has 17 heavy (non-hydrogen) atoms. The van der Waals surface area contributed by atoms with Crippen LogP contribution in [0.15, 0.2) is 35.2 Å². The third kappa shape index (κ3) is 8.74. The van der Waals surface area contributed by atoms with Crippen molar-refractivity contribution in [2.24, 2.45) is 0 Å². The predicted octanol–water partition coefficient (Wildman–Crippen LogP) is -1.23. The topological polar surface area (TPSA) is 127 Å². The molecule has 98 valence electrons. The number of likely N-dealkylation sites (N-methyl/N-ethyl adjacent to an activating group) is 1. The summed E-state index contributed by atoms with van der Waals surface area (Å²) in [6.07, 6.45) is 0. The summed E-state index contributed by atoms with van der Waals surface area (Å²) in [5.74, 6) is -2.56. The van der Waals surface area contributed by atoms with Crippen LogP contribution in [0.25, 0.3) is 0 Å². The van der Waals surface area contributed by atoms with E-state index < -0.39 is 16.1 Å². The smallest absolute Gasteiger partial charge is 0.294 e. The molecule has 0 amide bonds. The minimum absolute atomic E-state index is 0.0741. The average Bonchev–Trinajstić information content (AvgIpc) is 2.17. The zero-order chi connectivity index (χ0) is 13.5. The van der Waals surface area contributed by atoms with Gasteiger partial charge in [-0.1, -0.05) is 18.2 Å². The molecule has 0 aliphatic heterocycles. The molecule has 0 fully saturated rings. The Kier molecular flexibility index (Phi) is 6.24. The fraction of sp³-hybridized carbons (Fsp3) is 0.333. The molecular weight excluding hydrogens is 250 g/mol. The van der Waals surface area contributed by atoms with Crippen LogP contribution in [0.3, 0.4) is 0 Å². The highest BCUT2D eigenvalue weighted by Crippen LogP contribution is 2.05. The largest absolute Gasteiger partial charge is 0.343 e. The van der Waals surface area contributed by atoms with E-state index in [4.69, 9.17) is 19.9 Å². The molecule has 0 radical (unpaired) electrons. The van der Waals surface area contributed by atoms with Gasteiger partial charge in [0.2, 0.25) is 0 Å². The summed E-state index contributed by atoms with van der Waals surface area (Å²) in [6, 6.07) is 7.42. The first-order valence-electron chi connectivity index (χ1n) is 4.51. The Morgan fingerprint density at radius 2 is 1.65 bits per heavy atom. The fourth-order valence-electron chi connectivity index (χ4n) is 0.830. The molecule has 7 nitrogen and oxygen atoms in total. The second kappa shape index (κ2) is 6.64. The molecular formula is C9H15NO6S. The van der Waals surface area contributed by atoms with Crippen LogP contribution in [0.4, 0.5) is 0 Å². The third-order valence-electron chi connectivity index (χ3n) is 1.46. The molecule has 0 saturated heterocycles. The number of hydrogen-bond acceptors (Lipinski definition) is 6. The Hall–Kier alpha value is -1.03. The molecule has 8 heteroatoms. The van der Waals surface area contributed by atoms with E-state index in [1.807, 2.05) is 0 Å². The quantitative estimate of drug-likeness (QED) is 0.342. The van der Waals surface area contributed by atoms with Gasteiger partial charge < -0.3 is 20.6 Å². The minimum Gasteiger partial charge on any atom is -0.343 e. The molecule has 1 rings (SSSR count). The summed E-state index contributed by atoms with van der Waals surface area (Å²) in [5.41, 5.74) is 0. The van der Waals surface area contributed by atoms with Gasteiger partial charge in [0.25, 0.3) is 16.1 Å². The van der Waals surface area contributed by atoms with Gasteiger partial charge in [0.1, 0.15) is 0 Å². The Morgan fingerprint density at radius 1 is 1.18 bits per heavy atom. The lowest BCUT2D eigenvalue weighted by atomic mass is 10.4. The Balaban J connectivity index is 0.000000325. The minimum atomic E-state index is -4.00. The molecule has 0 bridgehead atoms. The molecule has 0 aliphatic carbocycles. The number of aliphatic hydroxyl groups is 3. The van der Waals surface area contributed by atoms with E-state index in [9.17, 15) is 8.42 Å². The Labute approximate surface area is 99.1 Å². The van der Waals surface area contributed by atoms with Crippen molar-refractivity contribution in [2.45, 2.75) is 10.9 Å². The van der Waals surface area contributed by atoms with Crippen molar-refractivity contribution in [3.63, 3.8) is 0 Å². The normalized spacial score (nSPS) is 11.6. The summed E-state index contributed by atoms with van der Waals surface area (Å²) >= 11 is 0. The highest BCUT2D eigenvalue weighted by molar-refractivity contribution is 7.85. The van der Waals surface area contributed by atoms with E-state index in [-0.39, 0.29) is 11.4 Å². The standard InChI is InChI=1S/C6H6O3S.C3H9NO3/c7-10(8,9)6-4-2-1-3-5-6;1-4-2-3(5,6)7/h1-5H,(H,7,8,9);4-7H,2H2,1H3. The van der Waals surface area contributed by atoms with Gasteiger partial charge in [0.15, 0.2) is 0 Å². The lowest BCUT2D eigenvalue weighted by molar-refractivity contribution is -0.305. The second-order valence-electron chi connectivity index (χ2n) is 3.09. The zero-order valence-corrected chi connectivity index (χ0v) is 9.92. The lowest BCUT2D eigenvalue weighted by Crippen LogP contribution is -2.38. The Morgan fingerprint density at radius 3 is 1.82 bits per heavy atom. The van der Waals surface area contributed by atoms with Crippen molar-refractivity contribution in [3.8, 4) is 0 Å². The summed E-state index contributed by atoms with van der Waals surface area (Å²) < 4.78 is 29.2. The van der Waals surface area contributed by atoms with Gasteiger partial charge in [-0.05, 0) is 19.2 Å². The molecule has 0 unspecified atom stereocenters. The van der Waals surface area contributed by atoms with E-state index in [0.29, 0.717) is 0 Å². The third-order valence-corrected chi connectivity index (χ3v) is 2.32. The van der Waals surface area contributed by atoms with E-state index in [1.54, 1.807) is 18.2 Å². The SMILES string of the molecule is CNCC(O)(O)O.O=S(=O)(O)c1ccccc1. The first-order chi connectivity index (χ1) is 7.67. The van der Waals surface area contributed by atoms with E-state index >= 15 is 0 Å². The van der Waals surface area contributed by atoms with Crippen LogP contribution in [0.5, 0.6) is 0 Å². The van der Waals surface area contributed by atoms with Crippen LogP contribution < -0.4 is 5.32 Å². The molecule has 0 atom stereocenters. The summed E-state index contributed by atoms with van der Waals surface area (Å²) in [6.45, 7) is -0.243. The maximum absolute atomic E-state index is 10.4. The second-order valence-corrected chi connectivity index (χ2v) is 4.51. The van der Waals surface area contributed by atoms with Gasteiger partial charge in [0.05, 0.1) is 11.4 Å². The number of benzene rings is 1. The maximum atomic E-state index is 10.4. The molecule has 0 saturated carbocycles. The van der Waals surface area contributed by atoms with Crippen molar-refractivity contribution in [1.29, 1.82) is 0 Å². The van der Waals surface area contributed by atoms with E-state index in [2.05, 4.69) is 5.32 Å². The van der Waals surface area contributed by atoms with Gasteiger partial charge in [0, 0.05) is 0 Å². The van der Waals surface area contributed by atoms with Crippen molar-refractivity contribution < 1.29 is 28.3 Å². The molecule has 0 aromatic heterocycles. The van der Waals surface area contributed by atoms with Gasteiger partial charge in [-0.2, -0.15) is 8.42 Å². The lowest BCUT2D eigenvalue weighted by Gasteiger charge is -2.11. The molecule has 0 aliphatic rings. The van der Waals surface area contributed by atoms with Gasteiger partial charge in [-0.15, -0.1) is 0 Å². The molecule has 5 N–H and O–H groups in total. The van der Waals surface area contributed by atoms with Gasteiger partial charge in [-0.3, -0.25) is 4.55 Å². The molecule has 1 aromatic carbocycles. The van der Waals surface area contributed by atoms with Crippen LogP contribution in [-0.4, -0.2) is 47.9 Å². The first kappa shape index (κ1) is 16.0. The van der Waals surface area contributed by atoms with Crippen molar-refractivity contribution in [1.82, 2.24) is 5.32 Å². The van der Waals surface area contributed by atoms with Crippen molar-refractivity contribution in [3.05, 3.63) is 30.3 Å². The number of nitrogens with one attached hydrogen (secondary N) is 1. The van der Waals surface area contributed by atoms with Crippen LogP contribution in [0.1, 0.15) is 0 Å². The van der Waals surface area contributed by atoms with Crippen LogP contribution >= 0.6 is 0 Å². The fourth-order valence-corrected chi connectivity index (χ4v) is 1.33. The maximum Gasteiger partial charge on any atom is 0.294 e. The summed E-state index contributed by atoms with van der Waals surface area (Å²) in [5, 5.41) is 26.6. The predicted molar refractivity (Wildman–Crippen MR) is 59.6 cm³/mol. The summed E-state index contributed by atoms with van der Waals surface area (Å²) in [4.78, 5) is -0.0741. The van der Waals surface area contributed by atoms with Crippen molar-refractivity contribution in [2.75, 3.05) is 13.6 Å². The number of rotatable bonds is 3. The first-order valence-corrected chi connectivity index (χ1v) is 5.95. The van der Waals surface area contributed by atoms with Crippen molar-refractivity contribution >= 4 is 10.1 Å². The number of hydrogen-bond donors (Lipinski definition) is 5. The van der Waals surface area contributed by atoms with Gasteiger partial charge in [-0.25, -0.2) is 0 Å². The van der Waals surface area contributed by atoms with Crippen LogP contribution in [0, 0.1) is 0 Å². The highest BCUT2D eigenvalue weighted by Gasteiger charge is 2.14. The van der Waals surface area contributed by atoms with E-state index in [1.165, 1.54) is 19.2 Å².